The Morgan fingerprint density at radius 3 is 2.82 bits per heavy atom. The van der Waals surface area contributed by atoms with Crippen molar-refractivity contribution >= 4 is 35.2 Å². The number of carbonyl (C=O) groups excluding carboxylic acids is 1. The van der Waals surface area contributed by atoms with E-state index in [4.69, 9.17) is 16.5 Å². The molecule has 0 spiro atoms. The highest BCUT2D eigenvalue weighted by molar-refractivity contribution is 8.01. The van der Waals surface area contributed by atoms with Crippen molar-refractivity contribution in [1.29, 1.82) is 0 Å². The SMILES string of the molecule is CCCc1cc(N2CCC(NCC(O)c3ccnc(SC)n3)CC2)nc2c1C(N)C(C(N)=O)S2. The molecule has 0 aromatic carbocycles. The monoisotopic (exact) mass is 503 g/mol. The molecule has 3 unspecified atom stereocenters. The van der Waals surface area contributed by atoms with Crippen LogP contribution in [0.5, 0.6) is 0 Å². The Hall–Kier alpha value is -1.92. The zero-order valence-electron chi connectivity index (χ0n) is 19.6. The van der Waals surface area contributed by atoms with Crippen LogP contribution in [0.2, 0.25) is 0 Å². The first-order valence-corrected chi connectivity index (χ1v) is 13.8. The lowest BCUT2D eigenvalue weighted by Gasteiger charge is -2.34. The smallest absolute Gasteiger partial charge is 0.232 e. The molecule has 2 aliphatic heterocycles. The average Bonchev–Trinajstić information content (AvgIpc) is 3.20. The van der Waals surface area contributed by atoms with E-state index in [1.54, 1.807) is 12.3 Å². The highest BCUT2D eigenvalue weighted by Crippen LogP contribution is 2.45. The minimum absolute atomic E-state index is 0.319. The Morgan fingerprint density at radius 2 is 2.15 bits per heavy atom. The van der Waals surface area contributed by atoms with E-state index in [2.05, 4.69) is 33.2 Å². The number of aliphatic hydroxyl groups excluding tert-OH is 1. The van der Waals surface area contributed by atoms with Gasteiger partial charge in [0.1, 0.15) is 22.2 Å². The molecule has 0 saturated carbocycles. The maximum absolute atomic E-state index is 11.9. The van der Waals surface area contributed by atoms with Crippen molar-refractivity contribution in [3.63, 3.8) is 0 Å². The summed E-state index contributed by atoms with van der Waals surface area (Å²) >= 11 is 2.85. The van der Waals surface area contributed by atoms with Crippen LogP contribution in [0.1, 0.15) is 55.2 Å². The number of piperidine rings is 1. The first-order valence-electron chi connectivity index (χ1n) is 11.7. The molecule has 4 rings (SSSR count). The molecule has 6 N–H and O–H groups in total. The van der Waals surface area contributed by atoms with Crippen LogP contribution in [0.3, 0.4) is 0 Å². The van der Waals surface area contributed by atoms with E-state index >= 15 is 0 Å². The standard InChI is InChI=1S/C23H33N7O2S2/c1-3-4-13-11-17(29-22-18(13)19(24)20(34-22)21(25)32)30-9-6-14(7-10-30)27-12-16(31)15-5-8-26-23(28-15)33-2/h5,8,11,14,16,19-20,27,31H,3-4,6-7,9-10,12,24H2,1-2H3,(H2,25,32). The maximum Gasteiger partial charge on any atom is 0.232 e. The predicted octanol–water partition coefficient (Wildman–Crippen LogP) is 1.80. The second-order valence-corrected chi connectivity index (χ2v) is 10.6. The van der Waals surface area contributed by atoms with Crippen molar-refractivity contribution in [2.45, 2.75) is 66.2 Å². The van der Waals surface area contributed by atoms with E-state index in [0.717, 1.165) is 55.2 Å². The predicted molar refractivity (Wildman–Crippen MR) is 136 cm³/mol. The number of nitrogens with zero attached hydrogens (tertiary/aromatic N) is 4. The third-order valence-corrected chi connectivity index (χ3v) is 8.27. The minimum Gasteiger partial charge on any atom is -0.385 e. The minimum atomic E-state index is -0.665. The molecule has 1 fully saturated rings. The van der Waals surface area contributed by atoms with Crippen LogP contribution in [0.25, 0.3) is 0 Å². The van der Waals surface area contributed by atoms with Gasteiger partial charge in [-0.05, 0) is 43.2 Å². The summed E-state index contributed by atoms with van der Waals surface area (Å²) in [6, 6.07) is 3.82. The number of nitrogens with two attached hydrogens (primary N) is 2. The summed E-state index contributed by atoms with van der Waals surface area (Å²) in [6.45, 7) is 4.33. The first-order chi connectivity index (χ1) is 16.4. The van der Waals surface area contributed by atoms with Crippen molar-refractivity contribution < 1.29 is 9.90 Å². The molecular formula is C23H33N7O2S2. The Kier molecular flexibility index (Phi) is 8.30. The zero-order valence-corrected chi connectivity index (χ0v) is 21.2. The highest BCUT2D eigenvalue weighted by atomic mass is 32.2. The molecule has 34 heavy (non-hydrogen) atoms. The molecule has 0 bridgehead atoms. The number of anilines is 1. The first kappa shape index (κ1) is 25.2. The van der Waals surface area contributed by atoms with E-state index in [0.29, 0.717) is 23.4 Å². The Labute approximate surface area is 208 Å². The summed E-state index contributed by atoms with van der Waals surface area (Å²) in [6.07, 6.45) is 6.73. The number of primary amides is 1. The van der Waals surface area contributed by atoms with Crippen LogP contribution in [-0.2, 0) is 11.2 Å². The molecule has 3 atom stereocenters. The van der Waals surface area contributed by atoms with Gasteiger partial charge in [0.05, 0.1) is 11.7 Å². The molecule has 184 valence electrons. The molecule has 4 heterocycles. The molecule has 11 heteroatoms. The van der Waals surface area contributed by atoms with Gasteiger partial charge in [0, 0.05) is 37.4 Å². The molecule has 0 radical (unpaired) electrons. The maximum atomic E-state index is 11.9. The van der Waals surface area contributed by atoms with E-state index in [-0.39, 0.29) is 5.91 Å². The lowest BCUT2D eigenvalue weighted by Crippen LogP contribution is -2.44. The number of aryl methyl sites for hydroxylation is 1. The fourth-order valence-electron chi connectivity index (χ4n) is 4.57. The third-order valence-electron chi connectivity index (χ3n) is 6.39. The number of aromatic nitrogens is 3. The number of hydrogen-bond acceptors (Lipinski definition) is 10. The van der Waals surface area contributed by atoms with Crippen LogP contribution >= 0.6 is 23.5 Å². The third kappa shape index (κ3) is 5.49. The van der Waals surface area contributed by atoms with Gasteiger partial charge in [0.25, 0.3) is 0 Å². The summed E-state index contributed by atoms with van der Waals surface area (Å²) in [5.41, 5.74) is 14.7. The van der Waals surface area contributed by atoms with Gasteiger partial charge in [0.2, 0.25) is 5.91 Å². The summed E-state index contributed by atoms with van der Waals surface area (Å²) in [7, 11) is 0. The number of amides is 1. The van der Waals surface area contributed by atoms with Crippen molar-refractivity contribution in [2.24, 2.45) is 11.5 Å². The summed E-state index contributed by atoms with van der Waals surface area (Å²) < 4.78 is 0. The fourth-order valence-corrected chi connectivity index (χ4v) is 6.11. The van der Waals surface area contributed by atoms with E-state index in [1.807, 2.05) is 6.26 Å². The van der Waals surface area contributed by atoms with Crippen molar-refractivity contribution in [2.75, 3.05) is 30.8 Å². The van der Waals surface area contributed by atoms with Gasteiger partial charge in [-0.3, -0.25) is 4.79 Å². The molecule has 0 aliphatic carbocycles. The van der Waals surface area contributed by atoms with Gasteiger partial charge < -0.3 is 26.8 Å². The molecule has 1 amide bonds. The molecule has 2 aromatic rings. The summed E-state index contributed by atoms with van der Waals surface area (Å²) in [5.74, 6) is 0.552. The Balaban J connectivity index is 1.37. The van der Waals surface area contributed by atoms with Crippen molar-refractivity contribution in [3.05, 3.63) is 35.2 Å². The highest BCUT2D eigenvalue weighted by Gasteiger charge is 2.38. The molecule has 2 aliphatic rings. The molecule has 1 saturated heterocycles. The second kappa shape index (κ2) is 11.2. The lowest BCUT2D eigenvalue weighted by molar-refractivity contribution is -0.117. The quantitative estimate of drug-likeness (QED) is 0.295. The fraction of sp³-hybridized carbons (Fsp3) is 0.565. The number of thioether (sulfide) groups is 2. The number of pyridine rings is 1. The lowest BCUT2D eigenvalue weighted by atomic mass is 9.97. The van der Waals surface area contributed by atoms with Crippen molar-refractivity contribution in [3.8, 4) is 0 Å². The largest absolute Gasteiger partial charge is 0.385 e. The number of rotatable bonds is 9. The van der Waals surface area contributed by atoms with E-state index < -0.39 is 17.4 Å². The van der Waals surface area contributed by atoms with Crippen LogP contribution in [0.4, 0.5) is 5.82 Å². The Bertz CT molecular complexity index is 1020. The zero-order chi connectivity index (χ0) is 24.2. The van der Waals surface area contributed by atoms with Gasteiger partial charge in [-0.25, -0.2) is 15.0 Å². The number of nitrogens with one attached hydrogen (secondary N) is 1. The molecular weight excluding hydrogens is 470 g/mol. The van der Waals surface area contributed by atoms with E-state index in [1.165, 1.54) is 29.1 Å². The average molecular weight is 504 g/mol. The number of carbonyl (C=O) groups is 1. The van der Waals surface area contributed by atoms with Gasteiger partial charge in [-0.1, -0.05) is 36.9 Å². The van der Waals surface area contributed by atoms with Crippen LogP contribution in [-0.4, -0.2) is 63.1 Å². The number of fused-ring (bicyclic) bond motifs is 1. The van der Waals surface area contributed by atoms with Gasteiger partial charge in [0.15, 0.2) is 5.16 Å². The topological polar surface area (TPSA) is 143 Å². The van der Waals surface area contributed by atoms with Gasteiger partial charge >= 0.3 is 0 Å². The summed E-state index contributed by atoms with van der Waals surface area (Å²) in [5, 5.41) is 15.1. The number of hydrogen-bond donors (Lipinski definition) is 4. The summed E-state index contributed by atoms with van der Waals surface area (Å²) in [4.78, 5) is 27.6. The van der Waals surface area contributed by atoms with Crippen LogP contribution in [0, 0.1) is 0 Å². The normalized spacial score (nSPS) is 21.5. The van der Waals surface area contributed by atoms with Crippen LogP contribution in [0.15, 0.2) is 28.5 Å². The van der Waals surface area contributed by atoms with Gasteiger partial charge in [-0.15, -0.1) is 0 Å². The second-order valence-electron chi connectivity index (χ2n) is 8.73. The molecule has 9 nitrogen and oxygen atoms in total. The molecule has 2 aromatic heterocycles. The number of aliphatic hydroxyl groups is 1. The van der Waals surface area contributed by atoms with Gasteiger partial charge in [-0.2, -0.15) is 0 Å². The van der Waals surface area contributed by atoms with Crippen LogP contribution < -0.4 is 21.7 Å². The van der Waals surface area contributed by atoms with Crippen molar-refractivity contribution in [1.82, 2.24) is 20.3 Å². The Morgan fingerprint density at radius 1 is 1.38 bits per heavy atom. The van der Waals surface area contributed by atoms with E-state index in [9.17, 15) is 9.90 Å².